The Morgan fingerprint density at radius 1 is 1.33 bits per heavy atom. The maximum absolute atomic E-state index is 12.3. The van der Waals surface area contributed by atoms with Crippen molar-refractivity contribution >= 4 is 10.0 Å². The third kappa shape index (κ3) is 3.90. The topological polar surface area (TPSA) is 90.0 Å². The summed E-state index contributed by atoms with van der Waals surface area (Å²) in [4.78, 5) is 4.16. The van der Waals surface area contributed by atoms with E-state index in [2.05, 4.69) is 9.71 Å². The van der Waals surface area contributed by atoms with Crippen LogP contribution in [0, 0.1) is 0 Å². The van der Waals surface area contributed by atoms with Crippen LogP contribution in [0.4, 0.5) is 0 Å². The van der Waals surface area contributed by atoms with Gasteiger partial charge in [-0.25, -0.2) is 13.1 Å². The largest absolute Gasteiger partial charge is 0.349 e. The molecule has 0 aliphatic carbocycles. The van der Waals surface area contributed by atoms with E-state index in [1.165, 1.54) is 0 Å². The lowest BCUT2D eigenvalue weighted by Gasteiger charge is -2.05. The maximum Gasteiger partial charge on any atom is 0.242 e. The number of hydrogen-bond donors (Lipinski definition) is 2. The molecule has 7 heteroatoms. The molecule has 0 amide bonds. The predicted octanol–water partition coefficient (Wildman–Crippen LogP) is 1.23. The average molecular weight is 308 g/mol. The van der Waals surface area contributed by atoms with Crippen LogP contribution in [0.2, 0.25) is 0 Å². The Labute approximate surface area is 125 Å². The second-order valence-corrected chi connectivity index (χ2v) is 6.51. The van der Waals surface area contributed by atoms with Gasteiger partial charge in [-0.2, -0.15) is 0 Å². The van der Waals surface area contributed by atoms with E-state index in [9.17, 15) is 8.42 Å². The first-order valence-corrected chi connectivity index (χ1v) is 8.33. The quantitative estimate of drug-likeness (QED) is 0.805. The van der Waals surface area contributed by atoms with Gasteiger partial charge < -0.3 is 10.3 Å². The zero-order valence-corrected chi connectivity index (χ0v) is 12.8. The van der Waals surface area contributed by atoms with Gasteiger partial charge in [-0.3, -0.25) is 4.98 Å². The van der Waals surface area contributed by atoms with Gasteiger partial charge in [0, 0.05) is 43.9 Å². The van der Waals surface area contributed by atoms with Crippen molar-refractivity contribution in [2.75, 3.05) is 0 Å². The summed E-state index contributed by atoms with van der Waals surface area (Å²) in [5.41, 5.74) is 7.34. The number of rotatable bonds is 7. The fraction of sp³-hybridized carbons (Fsp3) is 0.357. The lowest BCUT2D eigenvalue weighted by Crippen LogP contribution is -2.22. The average Bonchev–Trinajstić information content (AvgIpc) is 2.91. The number of hydrogen-bond acceptors (Lipinski definition) is 4. The van der Waals surface area contributed by atoms with Gasteiger partial charge in [0.05, 0.1) is 4.90 Å². The van der Waals surface area contributed by atoms with Crippen molar-refractivity contribution in [2.24, 2.45) is 5.73 Å². The molecule has 0 aromatic carbocycles. The van der Waals surface area contributed by atoms with E-state index in [4.69, 9.17) is 5.73 Å². The monoisotopic (exact) mass is 308 g/mol. The van der Waals surface area contributed by atoms with Crippen LogP contribution in [0.3, 0.4) is 0 Å². The third-order valence-electron chi connectivity index (χ3n) is 3.16. The van der Waals surface area contributed by atoms with Crippen LogP contribution < -0.4 is 10.5 Å². The molecule has 114 valence electrons. The molecule has 0 aliphatic heterocycles. The molecule has 0 radical (unpaired) electrons. The molecule has 2 heterocycles. The summed E-state index contributed by atoms with van der Waals surface area (Å²) in [6, 6.07) is 5.18. The van der Waals surface area contributed by atoms with Gasteiger partial charge in [0.2, 0.25) is 10.0 Å². The van der Waals surface area contributed by atoms with Gasteiger partial charge in [-0.1, -0.05) is 6.92 Å². The van der Waals surface area contributed by atoms with Crippen molar-refractivity contribution < 1.29 is 8.42 Å². The summed E-state index contributed by atoms with van der Waals surface area (Å²) in [5.74, 6) is 0. The number of pyridine rings is 1. The summed E-state index contributed by atoms with van der Waals surface area (Å²) in [5, 5.41) is 0. The predicted molar refractivity (Wildman–Crippen MR) is 80.9 cm³/mol. The van der Waals surface area contributed by atoms with Crippen LogP contribution in [0.15, 0.2) is 41.7 Å². The fourth-order valence-corrected chi connectivity index (χ4v) is 3.14. The van der Waals surface area contributed by atoms with Crippen LogP contribution in [0.5, 0.6) is 0 Å². The summed E-state index contributed by atoms with van der Waals surface area (Å²) in [6.07, 6.45) is 5.83. The summed E-state index contributed by atoms with van der Waals surface area (Å²) >= 11 is 0. The Bertz CT molecular complexity index is 680. The lowest BCUT2D eigenvalue weighted by molar-refractivity contribution is 0.580. The van der Waals surface area contributed by atoms with Gasteiger partial charge in [0.25, 0.3) is 0 Å². The molecule has 0 spiro atoms. The second-order valence-electron chi connectivity index (χ2n) is 4.74. The van der Waals surface area contributed by atoms with Gasteiger partial charge >= 0.3 is 0 Å². The van der Waals surface area contributed by atoms with Crippen molar-refractivity contribution in [3.05, 3.63) is 48.0 Å². The Hall–Kier alpha value is -1.70. The van der Waals surface area contributed by atoms with E-state index < -0.39 is 10.0 Å². The number of aryl methyl sites for hydroxylation is 1. The maximum atomic E-state index is 12.3. The number of sulfonamides is 1. The highest BCUT2D eigenvalue weighted by molar-refractivity contribution is 7.89. The second kappa shape index (κ2) is 6.84. The number of nitrogens with one attached hydrogen (secondary N) is 1. The molecule has 0 fully saturated rings. The van der Waals surface area contributed by atoms with E-state index in [0.717, 1.165) is 24.2 Å². The summed E-state index contributed by atoms with van der Waals surface area (Å²) < 4.78 is 29.1. The van der Waals surface area contributed by atoms with Crippen LogP contribution in [0.1, 0.15) is 24.6 Å². The van der Waals surface area contributed by atoms with Gasteiger partial charge in [-0.15, -0.1) is 0 Å². The van der Waals surface area contributed by atoms with Crippen LogP contribution in [0.25, 0.3) is 0 Å². The number of nitrogens with two attached hydrogens (primary N) is 1. The van der Waals surface area contributed by atoms with E-state index in [0.29, 0.717) is 6.54 Å². The summed E-state index contributed by atoms with van der Waals surface area (Å²) in [7, 11) is -3.54. The molecule has 2 rings (SSSR count). The molecule has 3 N–H and O–H groups in total. The van der Waals surface area contributed by atoms with Crippen molar-refractivity contribution in [3.63, 3.8) is 0 Å². The van der Waals surface area contributed by atoms with E-state index in [1.807, 2.05) is 11.5 Å². The van der Waals surface area contributed by atoms with Crippen molar-refractivity contribution in [1.82, 2.24) is 14.3 Å². The highest BCUT2D eigenvalue weighted by atomic mass is 32.2. The first-order chi connectivity index (χ1) is 10.1. The summed E-state index contributed by atoms with van der Waals surface area (Å²) in [6.45, 7) is 3.35. The normalized spacial score (nSPS) is 11.7. The zero-order valence-electron chi connectivity index (χ0n) is 12.0. The minimum Gasteiger partial charge on any atom is -0.349 e. The molecule has 2 aromatic heterocycles. The van der Waals surface area contributed by atoms with E-state index >= 15 is 0 Å². The van der Waals surface area contributed by atoms with Crippen molar-refractivity contribution in [2.45, 2.75) is 37.9 Å². The first-order valence-electron chi connectivity index (χ1n) is 6.84. The SMILES string of the molecule is CCCn1cc(S(=O)(=O)NCc2ccncc2)cc1CN. The number of aromatic nitrogens is 2. The molecule has 0 aliphatic rings. The zero-order chi connectivity index (χ0) is 15.3. The Morgan fingerprint density at radius 3 is 2.67 bits per heavy atom. The van der Waals surface area contributed by atoms with E-state index in [-0.39, 0.29) is 11.4 Å². The molecule has 0 saturated carbocycles. The number of nitrogens with zero attached hydrogens (tertiary/aromatic N) is 2. The van der Waals surface area contributed by atoms with Gasteiger partial charge in [0.1, 0.15) is 0 Å². The molecular formula is C14H20N4O2S. The first kappa shape index (κ1) is 15.7. The minimum absolute atomic E-state index is 0.238. The standard InChI is InChI=1S/C14H20N4O2S/c1-2-7-18-11-14(8-13(18)9-15)21(19,20)17-10-12-3-5-16-6-4-12/h3-6,8,11,17H,2,7,9-10,15H2,1H3. The Balaban J connectivity index is 2.15. The van der Waals surface area contributed by atoms with Crippen molar-refractivity contribution in [1.29, 1.82) is 0 Å². The minimum atomic E-state index is -3.54. The van der Waals surface area contributed by atoms with Crippen LogP contribution >= 0.6 is 0 Å². The molecule has 0 bridgehead atoms. The molecule has 2 aromatic rings. The fourth-order valence-electron chi connectivity index (χ4n) is 2.06. The Morgan fingerprint density at radius 2 is 2.05 bits per heavy atom. The molecular weight excluding hydrogens is 288 g/mol. The van der Waals surface area contributed by atoms with Gasteiger partial charge in [0.15, 0.2) is 0 Å². The smallest absolute Gasteiger partial charge is 0.242 e. The van der Waals surface area contributed by atoms with Gasteiger partial charge in [-0.05, 0) is 30.2 Å². The third-order valence-corrected chi connectivity index (χ3v) is 4.53. The van der Waals surface area contributed by atoms with Crippen LogP contribution in [-0.4, -0.2) is 18.0 Å². The lowest BCUT2D eigenvalue weighted by atomic mass is 10.3. The molecule has 0 atom stereocenters. The highest BCUT2D eigenvalue weighted by Gasteiger charge is 2.17. The van der Waals surface area contributed by atoms with Crippen molar-refractivity contribution in [3.8, 4) is 0 Å². The molecule has 21 heavy (non-hydrogen) atoms. The molecule has 0 saturated heterocycles. The highest BCUT2D eigenvalue weighted by Crippen LogP contribution is 2.15. The van der Waals surface area contributed by atoms with E-state index in [1.54, 1.807) is 36.8 Å². The molecule has 6 nitrogen and oxygen atoms in total. The molecule has 0 unspecified atom stereocenters. The Kier molecular flexibility index (Phi) is 5.11. The van der Waals surface area contributed by atoms with Crippen LogP contribution in [-0.2, 0) is 29.7 Å².